The molecule has 1 amide bonds. The van der Waals surface area contributed by atoms with Crippen LogP contribution in [0.5, 0.6) is 0 Å². The Hall–Kier alpha value is -1.91. The first-order chi connectivity index (χ1) is 11.6. The highest BCUT2D eigenvalue weighted by molar-refractivity contribution is 5.85. The van der Waals surface area contributed by atoms with Crippen LogP contribution in [-0.4, -0.2) is 17.4 Å². The maximum Gasteiger partial charge on any atom is 0.223 e. The summed E-state index contributed by atoms with van der Waals surface area (Å²) < 4.78 is 13.1. The van der Waals surface area contributed by atoms with E-state index >= 15 is 0 Å². The monoisotopic (exact) mass is 362 g/mol. The molecular weight excluding hydrogens is 339 g/mol. The molecule has 2 aromatic rings. The van der Waals surface area contributed by atoms with Crippen molar-refractivity contribution < 1.29 is 9.18 Å². The Morgan fingerprint density at radius 2 is 1.84 bits per heavy atom. The molecule has 0 radical (unpaired) electrons. The third-order valence-electron chi connectivity index (χ3n) is 4.72. The van der Waals surface area contributed by atoms with Gasteiger partial charge in [0.25, 0.3) is 0 Å². The van der Waals surface area contributed by atoms with Gasteiger partial charge in [-0.05, 0) is 42.5 Å². The lowest BCUT2D eigenvalue weighted by atomic mass is 10.0. The van der Waals surface area contributed by atoms with E-state index in [0.717, 1.165) is 30.5 Å². The Morgan fingerprint density at radius 3 is 2.52 bits per heavy atom. The normalized spacial score (nSPS) is 17.8. The van der Waals surface area contributed by atoms with E-state index in [1.165, 1.54) is 12.1 Å². The van der Waals surface area contributed by atoms with Crippen LogP contribution in [0.4, 0.5) is 4.39 Å². The molecule has 1 aliphatic rings. The Labute approximate surface area is 154 Å². The second-order valence-corrected chi connectivity index (χ2v) is 6.35. The third kappa shape index (κ3) is 4.80. The van der Waals surface area contributed by atoms with Crippen molar-refractivity contribution in [3.63, 3.8) is 0 Å². The zero-order chi connectivity index (χ0) is 16.9. The number of likely N-dealkylation sites (tertiary alicyclic amines) is 1. The fraction of sp³-hybridized carbons (Fsp3) is 0.350. The van der Waals surface area contributed by atoms with Crippen molar-refractivity contribution in [3.8, 4) is 0 Å². The smallest absolute Gasteiger partial charge is 0.223 e. The van der Waals surface area contributed by atoms with Crippen LogP contribution in [0.2, 0.25) is 0 Å². The number of halogens is 2. The maximum atomic E-state index is 13.1. The highest BCUT2D eigenvalue weighted by Gasteiger charge is 2.29. The predicted octanol–water partition coefficient (Wildman–Crippen LogP) is 4.39. The summed E-state index contributed by atoms with van der Waals surface area (Å²) >= 11 is 0. The Kier molecular flexibility index (Phi) is 6.97. The fourth-order valence-corrected chi connectivity index (χ4v) is 3.39. The summed E-state index contributed by atoms with van der Waals surface area (Å²) in [7, 11) is 0. The number of carbonyl (C=O) groups is 1. The van der Waals surface area contributed by atoms with Crippen LogP contribution < -0.4 is 5.73 Å². The van der Waals surface area contributed by atoms with Gasteiger partial charge in [0.05, 0.1) is 6.04 Å². The first kappa shape index (κ1) is 19.4. The molecule has 0 saturated carbocycles. The summed E-state index contributed by atoms with van der Waals surface area (Å²) in [6.45, 7) is 0.765. The van der Waals surface area contributed by atoms with Gasteiger partial charge in [-0.15, -0.1) is 12.4 Å². The summed E-state index contributed by atoms with van der Waals surface area (Å²) in [5.74, 6) is -0.114. The third-order valence-corrected chi connectivity index (χ3v) is 4.72. The van der Waals surface area contributed by atoms with Gasteiger partial charge in [0.15, 0.2) is 0 Å². The number of nitrogens with zero attached hydrogens (tertiary/aromatic N) is 1. The Balaban J connectivity index is 0.00000225. The molecule has 25 heavy (non-hydrogen) atoms. The standard InChI is InChI=1S/C20H23FN2O.ClH/c21-17-10-8-16(9-11-17)19-7-4-14-23(19)20(24)13-12-18(22)15-5-2-1-3-6-15;/h1-3,5-6,8-11,18-19H,4,7,12-14,22H2;1H. The van der Waals surface area contributed by atoms with Gasteiger partial charge in [-0.1, -0.05) is 42.5 Å². The van der Waals surface area contributed by atoms with Gasteiger partial charge in [-0.2, -0.15) is 0 Å². The van der Waals surface area contributed by atoms with Crippen LogP contribution in [0.3, 0.4) is 0 Å². The van der Waals surface area contributed by atoms with Crippen LogP contribution in [-0.2, 0) is 4.79 Å². The summed E-state index contributed by atoms with van der Waals surface area (Å²) in [6, 6.07) is 16.3. The van der Waals surface area contributed by atoms with Crippen LogP contribution in [0, 0.1) is 5.82 Å². The predicted molar refractivity (Wildman–Crippen MR) is 99.9 cm³/mol. The quantitative estimate of drug-likeness (QED) is 0.857. The summed E-state index contributed by atoms with van der Waals surface area (Å²) in [4.78, 5) is 14.5. The van der Waals surface area contributed by atoms with Crippen molar-refractivity contribution in [2.24, 2.45) is 5.73 Å². The van der Waals surface area contributed by atoms with Gasteiger partial charge in [0.2, 0.25) is 5.91 Å². The SMILES string of the molecule is Cl.NC(CCC(=O)N1CCCC1c1ccc(F)cc1)c1ccccc1. The van der Waals surface area contributed by atoms with Crippen molar-refractivity contribution in [1.82, 2.24) is 4.90 Å². The van der Waals surface area contributed by atoms with Gasteiger partial charge in [0.1, 0.15) is 5.82 Å². The molecule has 1 heterocycles. The summed E-state index contributed by atoms with van der Waals surface area (Å²) in [5, 5.41) is 0. The molecule has 2 aromatic carbocycles. The minimum Gasteiger partial charge on any atom is -0.336 e. The van der Waals surface area contributed by atoms with E-state index in [1.54, 1.807) is 12.1 Å². The zero-order valence-electron chi connectivity index (χ0n) is 14.1. The van der Waals surface area contributed by atoms with Gasteiger partial charge in [-0.25, -0.2) is 4.39 Å². The second-order valence-electron chi connectivity index (χ2n) is 6.35. The van der Waals surface area contributed by atoms with E-state index in [2.05, 4.69) is 0 Å². The minimum atomic E-state index is -0.247. The van der Waals surface area contributed by atoms with E-state index in [-0.39, 0.29) is 36.2 Å². The Bertz CT molecular complexity index is 678. The minimum absolute atomic E-state index is 0. The molecule has 0 aliphatic carbocycles. The van der Waals surface area contributed by atoms with Crippen LogP contribution >= 0.6 is 12.4 Å². The Morgan fingerprint density at radius 1 is 1.16 bits per heavy atom. The maximum absolute atomic E-state index is 13.1. The molecule has 5 heteroatoms. The molecule has 2 N–H and O–H groups in total. The van der Waals surface area contributed by atoms with E-state index in [9.17, 15) is 9.18 Å². The van der Waals surface area contributed by atoms with Gasteiger partial charge in [0, 0.05) is 19.0 Å². The van der Waals surface area contributed by atoms with E-state index < -0.39 is 0 Å². The first-order valence-electron chi connectivity index (χ1n) is 8.50. The average molecular weight is 363 g/mol. The molecule has 0 aromatic heterocycles. The van der Waals surface area contributed by atoms with Crippen LogP contribution in [0.1, 0.15) is 48.9 Å². The number of hydrogen-bond acceptors (Lipinski definition) is 2. The number of hydrogen-bond donors (Lipinski definition) is 1. The lowest BCUT2D eigenvalue weighted by Crippen LogP contribution is -2.31. The van der Waals surface area contributed by atoms with Crippen molar-refractivity contribution in [2.45, 2.75) is 37.8 Å². The fourth-order valence-electron chi connectivity index (χ4n) is 3.39. The number of rotatable bonds is 5. The molecule has 0 bridgehead atoms. The van der Waals surface area contributed by atoms with Gasteiger partial charge < -0.3 is 10.6 Å². The molecule has 3 rings (SSSR count). The molecule has 1 fully saturated rings. The number of carbonyl (C=O) groups excluding carboxylic acids is 1. The number of benzene rings is 2. The number of amides is 1. The lowest BCUT2D eigenvalue weighted by molar-refractivity contribution is -0.132. The highest BCUT2D eigenvalue weighted by atomic mass is 35.5. The first-order valence-corrected chi connectivity index (χ1v) is 8.50. The largest absolute Gasteiger partial charge is 0.336 e. The molecular formula is C20H24ClFN2O. The van der Waals surface area contributed by atoms with E-state index in [1.807, 2.05) is 35.2 Å². The summed E-state index contributed by atoms with van der Waals surface area (Å²) in [5.41, 5.74) is 8.26. The molecule has 2 atom stereocenters. The van der Waals surface area contributed by atoms with Crippen molar-refractivity contribution in [1.29, 1.82) is 0 Å². The molecule has 1 aliphatic heterocycles. The molecule has 3 nitrogen and oxygen atoms in total. The van der Waals surface area contributed by atoms with Crippen LogP contribution in [0.15, 0.2) is 54.6 Å². The topological polar surface area (TPSA) is 46.3 Å². The van der Waals surface area contributed by atoms with Crippen molar-refractivity contribution >= 4 is 18.3 Å². The zero-order valence-corrected chi connectivity index (χ0v) is 14.9. The second kappa shape index (κ2) is 8.97. The average Bonchev–Trinajstić information content (AvgIpc) is 3.10. The van der Waals surface area contributed by atoms with Gasteiger partial charge >= 0.3 is 0 Å². The molecule has 1 saturated heterocycles. The molecule has 2 unspecified atom stereocenters. The highest BCUT2D eigenvalue weighted by Crippen LogP contribution is 2.33. The van der Waals surface area contributed by atoms with Gasteiger partial charge in [-0.3, -0.25) is 4.79 Å². The summed E-state index contributed by atoms with van der Waals surface area (Å²) in [6.07, 6.45) is 2.99. The molecule has 134 valence electrons. The number of nitrogens with two attached hydrogens (primary N) is 1. The van der Waals surface area contributed by atoms with E-state index in [4.69, 9.17) is 5.73 Å². The molecule has 0 spiro atoms. The van der Waals surface area contributed by atoms with Crippen LogP contribution in [0.25, 0.3) is 0 Å². The van der Waals surface area contributed by atoms with Crippen molar-refractivity contribution in [2.75, 3.05) is 6.54 Å². The van der Waals surface area contributed by atoms with Crippen molar-refractivity contribution in [3.05, 3.63) is 71.5 Å². The lowest BCUT2D eigenvalue weighted by Gasteiger charge is -2.26. The van der Waals surface area contributed by atoms with E-state index in [0.29, 0.717) is 12.8 Å².